The molecule has 0 atom stereocenters. The molecule has 0 saturated heterocycles. The van der Waals surface area contributed by atoms with Gasteiger partial charge < -0.3 is 10.1 Å². The van der Waals surface area contributed by atoms with Gasteiger partial charge in [0.1, 0.15) is 6.54 Å². The van der Waals surface area contributed by atoms with Crippen molar-refractivity contribution >= 4 is 29.2 Å². The van der Waals surface area contributed by atoms with Gasteiger partial charge in [-0.25, -0.2) is 4.79 Å². The molecule has 26 heavy (non-hydrogen) atoms. The zero-order valence-electron chi connectivity index (χ0n) is 14.2. The van der Waals surface area contributed by atoms with Gasteiger partial charge >= 0.3 is 5.97 Å². The van der Waals surface area contributed by atoms with Crippen LogP contribution in [0.1, 0.15) is 27.9 Å². The van der Waals surface area contributed by atoms with Crippen LogP contribution in [0.2, 0.25) is 0 Å². The molecule has 2 aromatic rings. The fraction of sp³-hybridized carbons (Fsp3) is 0.250. The van der Waals surface area contributed by atoms with E-state index in [1.807, 2.05) is 12.1 Å². The first-order chi connectivity index (χ1) is 12.6. The number of hydrogen-bond acceptors (Lipinski definition) is 4. The minimum atomic E-state index is -0.525. The van der Waals surface area contributed by atoms with Crippen LogP contribution in [0.25, 0.3) is 0 Å². The van der Waals surface area contributed by atoms with Crippen LogP contribution < -0.4 is 10.2 Å². The van der Waals surface area contributed by atoms with Gasteiger partial charge in [-0.1, -0.05) is 18.2 Å². The summed E-state index contributed by atoms with van der Waals surface area (Å²) < 4.78 is 5.19. The number of rotatable bonds is 3. The molecule has 0 aromatic heterocycles. The average Bonchev–Trinajstić information content (AvgIpc) is 3.12. The smallest absolute Gasteiger partial charge is 0.338 e. The maximum Gasteiger partial charge on any atom is 0.338 e. The van der Waals surface area contributed by atoms with E-state index in [0.29, 0.717) is 16.9 Å². The third-order valence-corrected chi connectivity index (χ3v) is 4.73. The third kappa shape index (κ3) is 3.06. The Kier molecular flexibility index (Phi) is 4.16. The van der Waals surface area contributed by atoms with Gasteiger partial charge in [0.2, 0.25) is 5.91 Å². The summed E-state index contributed by atoms with van der Waals surface area (Å²) in [5.74, 6) is -1.23. The Balaban J connectivity index is 1.44. The third-order valence-electron chi connectivity index (χ3n) is 4.73. The SMILES string of the molecule is O=C1CN(C(=O)COC(=O)c2ccc3c(c2)CCC3)c2ccccc2N1. The Hall–Kier alpha value is -3.15. The summed E-state index contributed by atoms with van der Waals surface area (Å²) in [6.45, 7) is -0.496. The highest BCUT2D eigenvalue weighted by molar-refractivity contribution is 6.10. The van der Waals surface area contributed by atoms with Crippen LogP contribution in [0.3, 0.4) is 0 Å². The number of amides is 2. The fourth-order valence-corrected chi connectivity index (χ4v) is 3.44. The molecule has 2 amide bonds. The number of hydrogen-bond donors (Lipinski definition) is 1. The zero-order valence-corrected chi connectivity index (χ0v) is 14.2. The van der Waals surface area contributed by atoms with Crippen LogP contribution in [0, 0.1) is 0 Å². The van der Waals surface area contributed by atoms with Crippen molar-refractivity contribution in [3.8, 4) is 0 Å². The van der Waals surface area contributed by atoms with E-state index in [1.165, 1.54) is 16.0 Å². The number of ether oxygens (including phenoxy) is 1. The Labute approximate surface area is 150 Å². The molecule has 0 fully saturated rings. The Morgan fingerprint density at radius 3 is 2.77 bits per heavy atom. The minimum Gasteiger partial charge on any atom is -0.452 e. The summed E-state index contributed by atoms with van der Waals surface area (Å²) >= 11 is 0. The zero-order chi connectivity index (χ0) is 18.1. The number of para-hydroxylation sites is 2. The van der Waals surface area contributed by atoms with E-state index >= 15 is 0 Å². The van der Waals surface area contributed by atoms with Crippen molar-refractivity contribution in [2.45, 2.75) is 19.3 Å². The molecule has 1 aliphatic heterocycles. The number of benzene rings is 2. The van der Waals surface area contributed by atoms with Crippen LogP contribution in [-0.2, 0) is 27.2 Å². The van der Waals surface area contributed by atoms with E-state index in [-0.39, 0.29) is 12.5 Å². The monoisotopic (exact) mass is 350 g/mol. The van der Waals surface area contributed by atoms with Crippen LogP contribution in [0.4, 0.5) is 11.4 Å². The van der Waals surface area contributed by atoms with Crippen LogP contribution >= 0.6 is 0 Å². The highest BCUT2D eigenvalue weighted by atomic mass is 16.5. The first kappa shape index (κ1) is 16.3. The summed E-state index contributed by atoms with van der Waals surface area (Å²) in [6, 6.07) is 12.6. The number of fused-ring (bicyclic) bond motifs is 2. The fourth-order valence-electron chi connectivity index (χ4n) is 3.44. The highest BCUT2D eigenvalue weighted by Gasteiger charge is 2.27. The van der Waals surface area contributed by atoms with Gasteiger partial charge in [-0.3, -0.25) is 14.5 Å². The molecular weight excluding hydrogens is 332 g/mol. The maximum absolute atomic E-state index is 12.5. The summed E-state index contributed by atoms with van der Waals surface area (Å²) in [6.07, 6.45) is 3.11. The van der Waals surface area contributed by atoms with E-state index in [9.17, 15) is 14.4 Å². The van der Waals surface area contributed by atoms with Crippen molar-refractivity contribution in [2.75, 3.05) is 23.4 Å². The molecule has 1 aliphatic carbocycles. The molecule has 4 rings (SSSR count). The van der Waals surface area contributed by atoms with Crippen molar-refractivity contribution in [1.82, 2.24) is 0 Å². The molecule has 0 unspecified atom stereocenters. The molecule has 0 saturated carbocycles. The van der Waals surface area contributed by atoms with Gasteiger partial charge in [0.15, 0.2) is 6.61 Å². The van der Waals surface area contributed by atoms with E-state index in [2.05, 4.69) is 5.32 Å². The predicted molar refractivity (Wildman–Crippen MR) is 96.2 cm³/mol. The Morgan fingerprint density at radius 1 is 1.08 bits per heavy atom. The molecule has 6 heteroatoms. The van der Waals surface area contributed by atoms with Gasteiger partial charge in [-0.2, -0.15) is 0 Å². The first-order valence-electron chi connectivity index (χ1n) is 8.60. The van der Waals surface area contributed by atoms with Crippen LogP contribution in [-0.4, -0.2) is 30.9 Å². The number of aryl methyl sites for hydroxylation is 2. The van der Waals surface area contributed by atoms with Gasteiger partial charge in [0.25, 0.3) is 5.91 Å². The summed E-state index contributed by atoms with van der Waals surface area (Å²) in [5.41, 5.74) is 4.07. The van der Waals surface area contributed by atoms with Crippen molar-refractivity contribution < 1.29 is 19.1 Å². The lowest BCUT2D eigenvalue weighted by Gasteiger charge is -2.28. The molecule has 6 nitrogen and oxygen atoms in total. The van der Waals surface area contributed by atoms with E-state index in [4.69, 9.17) is 4.74 Å². The average molecular weight is 350 g/mol. The van der Waals surface area contributed by atoms with Gasteiger partial charge in [-0.05, 0) is 54.7 Å². The quantitative estimate of drug-likeness (QED) is 0.862. The molecule has 2 aromatic carbocycles. The molecule has 132 valence electrons. The molecule has 0 radical (unpaired) electrons. The normalized spacial score (nSPS) is 15.1. The molecule has 0 bridgehead atoms. The summed E-state index contributed by atoms with van der Waals surface area (Å²) in [5, 5.41) is 2.72. The molecule has 0 spiro atoms. The highest BCUT2D eigenvalue weighted by Crippen LogP contribution is 2.29. The second-order valence-electron chi connectivity index (χ2n) is 6.46. The lowest BCUT2D eigenvalue weighted by molar-refractivity contribution is -0.124. The number of anilines is 2. The lowest BCUT2D eigenvalue weighted by atomic mass is 10.1. The number of nitrogens with zero attached hydrogens (tertiary/aromatic N) is 1. The minimum absolute atomic E-state index is 0.0910. The van der Waals surface area contributed by atoms with Crippen molar-refractivity contribution in [3.63, 3.8) is 0 Å². The number of carbonyl (C=O) groups is 3. The maximum atomic E-state index is 12.5. The van der Waals surface area contributed by atoms with E-state index < -0.39 is 18.5 Å². The number of esters is 1. The van der Waals surface area contributed by atoms with Crippen LogP contribution in [0.5, 0.6) is 0 Å². The van der Waals surface area contributed by atoms with E-state index in [0.717, 1.165) is 19.3 Å². The second kappa shape index (κ2) is 6.63. The summed E-state index contributed by atoms with van der Waals surface area (Å²) in [4.78, 5) is 37.9. The standard InChI is InChI=1S/C20H18N2O4/c23-18-11-22(17-7-2-1-6-16(17)21-18)19(24)12-26-20(25)15-9-8-13-4-3-5-14(13)10-15/h1-2,6-10H,3-5,11-12H2,(H,21,23). The largest absolute Gasteiger partial charge is 0.452 e. The molecule has 2 aliphatic rings. The second-order valence-corrected chi connectivity index (χ2v) is 6.46. The van der Waals surface area contributed by atoms with Crippen molar-refractivity contribution in [3.05, 3.63) is 59.2 Å². The molecule has 1 heterocycles. The first-order valence-corrected chi connectivity index (χ1v) is 8.60. The van der Waals surface area contributed by atoms with Gasteiger partial charge in [0.05, 0.1) is 16.9 Å². The number of nitrogens with one attached hydrogen (secondary N) is 1. The van der Waals surface area contributed by atoms with Crippen LogP contribution in [0.15, 0.2) is 42.5 Å². The summed E-state index contributed by atoms with van der Waals surface area (Å²) in [7, 11) is 0. The van der Waals surface area contributed by atoms with E-state index in [1.54, 1.807) is 30.3 Å². The topological polar surface area (TPSA) is 75.7 Å². The van der Waals surface area contributed by atoms with Crippen molar-refractivity contribution in [1.29, 1.82) is 0 Å². The number of carbonyl (C=O) groups excluding carboxylic acids is 3. The predicted octanol–water partition coefficient (Wildman–Crippen LogP) is 2.32. The van der Waals surface area contributed by atoms with Gasteiger partial charge in [0, 0.05) is 0 Å². The Morgan fingerprint density at radius 2 is 1.88 bits per heavy atom. The Bertz CT molecular complexity index is 906. The van der Waals surface area contributed by atoms with Gasteiger partial charge in [-0.15, -0.1) is 0 Å². The lowest BCUT2D eigenvalue weighted by Crippen LogP contribution is -2.44. The molecular formula is C20H18N2O4. The van der Waals surface area contributed by atoms with Crippen molar-refractivity contribution in [2.24, 2.45) is 0 Å². The molecule has 1 N–H and O–H groups in total.